The minimum absolute atomic E-state index is 0.0193. The first-order chi connectivity index (χ1) is 15.5. The van der Waals surface area contributed by atoms with E-state index in [1.54, 1.807) is 16.4 Å². The van der Waals surface area contributed by atoms with Crippen molar-refractivity contribution < 1.29 is 30.6 Å². The molecular formula is C25H19F6N2+. The predicted molar refractivity (Wildman–Crippen MR) is 112 cm³/mol. The molecule has 4 rings (SSSR count). The number of halogens is 6. The minimum Gasteiger partial charge on any atom is -0.375 e. The Morgan fingerprint density at radius 3 is 2.21 bits per heavy atom. The molecule has 3 aromatic rings. The van der Waals surface area contributed by atoms with Crippen LogP contribution in [-0.2, 0) is 25.3 Å². The summed E-state index contributed by atoms with van der Waals surface area (Å²) in [5.41, 5.74) is -1.27. The van der Waals surface area contributed by atoms with Gasteiger partial charge in [0, 0.05) is 17.8 Å². The summed E-state index contributed by atoms with van der Waals surface area (Å²) in [5, 5.41) is 5.45. The maximum Gasteiger partial charge on any atom is 0.416 e. The van der Waals surface area contributed by atoms with Gasteiger partial charge >= 0.3 is 12.4 Å². The summed E-state index contributed by atoms with van der Waals surface area (Å²) in [6.45, 7) is 4.04. The summed E-state index contributed by atoms with van der Waals surface area (Å²) in [6, 6.07) is 12.7. The number of alkyl halides is 6. The normalized spacial score (nSPS) is 14.5. The van der Waals surface area contributed by atoms with Crippen LogP contribution in [0.1, 0.15) is 22.4 Å². The highest BCUT2D eigenvalue weighted by atomic mass is 19.4. The Morgan fingerprint density at radius 2 is 1.55 bits per heavy atom. The molecule has 0 spiro atoms. The number of aromatic nitrogens is 1. The molecule has 0 saturated heterocycles. The van der Waals surface area contributed by atoms with Crippen molar-refractivity contribution in [1.29, 1.82) is 0 Å². The van der Waals surface area contributed by atoms with E-state index in [-0.39, 0.29) is 18.3 Å². The summed E-state index contributed by atoms with van der Waals surface area (Å²) < 4.78 is 80.4. The molecule has 1 aliphatic rings. The van der Waals surface area contributed by atoms with Gasteiger partial charge in [0.05, 0.1) is 16.3 Å². The van der Waals surface area contributed by atoms with Crippen LogP contribution in [0, 0.1) is 17.3 Å². The van der Waals surface area contributed by atoms with E-state index in [0.29, 0.717) is 17.8 Å². The summed E-state index contributed by atoms with van der Waals surface area (Å²) in [4.78, 5) is 0. The fourth-order valence-corrected chi connectivity index (χ4v) is 3.79. The molecule has 2 aromatic carbocycles. The largest absolute Gasteiger partial charge is 0.416 e. The first-order valence-corrected chi connectivity index (χ1v) is 10.0. The van der Waals surface area contributed by atoms with Gasteiger partial charge in [0.25, 0.3) is 0 Å². The Labute approximate surface area is 185 Å². The van der Waals surface area contributed by atoms with E-state index in [1.165, 1.54) is 0 Å². The van der Waals surface area contributed by atoms with Crippen LogP contribution in [0.4, 0.5) is 32.0 Å². The van der Waals surface area contributed by atoms with Gasteiger partial charge in [0.1, 0.15) is 13.3 Å². The molecule has 0 fully saturated rings. The highest BCUT2D eigenvalue weighted by Crippen LogP contribution is 2.37. The maximum absolute atomic E-state index is 13.1. The van der Waals surface area contributed by atoms with Crippen molar-refractivity contribution in [3.8, 4) is 0 Å². The fourth-order valence-electron chi connectivity index (χ4n) is 3.79. The lowest BCUT2D eigenvalue weighted by Crippen LogP contribution is -2.27. The van der Waals surface area contributed by atoms with Crippen LogP contribution in [0.2, 0.25) is 0 Å². The van der Waals surface area contributed by atoms with Gasteiger partial charge in [-0.3, -0.25) is 0 Å². The predicted octanol–water partition coefficient (Wildman–Crippen LogP) is 5.44. The first kappa shape index (κ1) is 22.6. The van der Waals surface area contributed by atoms with Gasteiger partial charge in [-0.1, -0.05) is 30.4 Å². The third-order valence-corrected chi connectivity index (χ3v) is 5.45. The standard InChI is InChI=1S/C25H19F6N2/c1-33-20(8-5-11-23(33)22-10-4-7-16-6-2-3-9-21(16)22)15-32-19-13-17(24(26,27)28)12-18(14-19)25(29,30)31/h2-5,7-14,32H,1,6,15H2/q+1/b23-22+. The van der Waals surface area contributed by atoms with Gasteiger partial charge in [-0.05, 0) is 47.5 Å². The summed E-state index contributed by atoms with van der Waals surface area (Å²) >= 11 is 0. The molecule has 0 aliphatic heterocycles. The van der Waals surface area contributed by atoms with Crippen LogP contribution in [0.5, 0.6) is 0 Å². The molecule has 8 heteroatoms. The topological polar surface area (TPSA) is 17.9 Å². The molecule has 1 aliphatic carbocycles. The van der Waals surface area contributed by atoms with Gasteiger partial charge in [-0.25, -0.2) is 0 Å². The van der Waals surface area contributed by atoms with Crippen molar-refractivity contribution in [2.24, 2.45) is 0 Å². The van der Waals surface area contributed by atoms with E-state index in [9.17, 15) is 26.3 Å². The second-order valence-corrected chi connectivity index (χ2v) is 7.66. The van der Waals surface area contributed by atoms with Crippen molar-refractivity contribution in [2.75, 3.05) is 5.32 Å². The number of hydrogen-bond donors (Lipinski definition) is 1. The molecule has 33 heavy (non-hydrogen) atoms. The van der Waals surface area contributed by atoms with Crippen LogP contribution in [0.15, 0.2) is 66.7 Å². The second-order valence-electron chi connectivity index (χ2n) is 7.66. The molecule has 1 N–H and O–H groups in total. The molecular weight excluding hydrogens is 442 g/mol. The van der Waals surface area contributed by atoms with Crippen LogP contribution >= 0.6 is 0 Å². The van der Waals surface area contributed by atoms with Gasteiger partial charge in [0.2, 0.25) is 11.0 Å². The van der Waals surface area contributed by atoms with Crippen molar-refractivity contribution >= 4 is 11.8 Å². The second kappa shape index (κ2) is 8.42. The van der Waals surface area contributed by atoms with E-state index in [1.807, 2.05) is 36.4 Å². The van der Waals surface area contributed by atoms with Crippen molar-refractivity contribution in [3.63, 3.8) is 0 Å². The Hall–Kier alpha value is -3.55. The molecule has 1 aromatic heterocycles. The number of nitrogens with zero attached hydrogens (tertiary/aromatic N) is 1. The highest BCUT2D eigenvalue weighted by Gasteiger charge is 2.37. The maximum atomic E-state index is 13.1. The Kier molecular flexibility index (Phi) is 5.78. The molecule has 170 valence electrons. The van der Waals surface area contributed by atoms with Crippen molar-refractivity contribution in [3.05, 3.63) is 112 Å². The molecule has 2 nitrogen and oxygen atoms in total. The Balaban J connectivity index is 1.76. The number of anilines is 1. The van der Waals surface area contributed by atoms with Crippen molar-refractivity contribution in [1.82, 2.24) is 0 Å². The summed E-state index contributed by atoms with van der Waals surface area (Å²) in [6.07, 6.45) is -2.98. The minimum atomic E-state index is -4.90. The number of hydrogen-bond acceptors (Lipinski definition) is 1. The van der Waals surface area contributed by atoms with Crippen LogP contribution in [0.25, 0.3) is 6.08 Å². The van der Waals surface area contributed by atoms with Crippen LogP contribution in [-0.4, -0.2) is 0 Å². The summed E-state index contributed by atoms with van der Waals surface area (Å²) in [5.74, 6) is 0. The fraction of sp³-hybridized carbons (Fsp3) is 0.160. The van der Waals surface area contributed by atoms with Crippen LogP contribution in [0.3, 0.4) is 0 Å². The zero-order chi connectivity index (χ0) is 23.8. The quantitative estimate of drug-likeness (QED) is 0.406. The van der Waals surface area contributed by atoms with E-state index in [4.69, 9.17) is 0 Å². The first-order valence-electron chi connectivity index (χ1n) is 10.0. The van der Waals surface area contributed by atoms with Gasteiger partial charge in [-0.2, -0.15) is 30.6 Å². The number of benzene rings is 2. The molecule has 1 heterocycles. The third-order valence-electron chi connectivity index (χ3n) is 5.45. The van der Waals surface area contributed by atoms with E-state index in [2.05, 4.69) is 18.1 Å². The molecule has 0 saturated carbocycles. The zero-order valence-corrected chi connectivity index (χ0v) is 17.3. The van der Waals surface area contributed by atoms with Crippen molar-refractivity contribution in [2.45, 2.75) is 25.3 Å². The van der Waals surface area contributed by atoms with Gasteiger partial charge < -0.3 is 5.32 Å². The molecule has 0 radical (unpaired) electrons. The molecule has 0 amide bonds. The molecule has 0 unspecified atom stereocenters. The number of allylic oxidation sites excluding steroid dienone is 2. The lowest BCUT2D eigenvalue weighted by Gasteiger charge is -2.14. The average molecular weight is 461 g/mol. The smallest absolute Gasteiger partial charge is 0.375 e. The highest BCUT2D eigenvalue weighted by molar-refractivity contribution is 5.50. The van der Waals surface area contributed by atoms with E-state index < -0.39 is 23.5 Å². The van der Waals surface area contributed by atoms with E-state index in [0.717, 1.165) is 27.8 Å². The van der Waals surface area contributed by atoms with Crippen LogP contribution < -0.4 is 14.8 Å². The van der Waals surface area contributed by atoms with E-state index >= 15 is 0 Å². The number of nitrogens with one attached hydrogen (secondary N) is 1. The Bertz CT molecular complexity index is 1400. The lowest BCUT2D eigenvalue weighted by atomic mass is 10.0. The third kappa shape index (κ3) is 4.79. The Morgan fingerprint density at radius 1 is 0.879 bits per heavy atom. The van der Waals surface area contributed by atoms with Gasteiger partial charge in [-0.15, -0.1) is 0 Å². The lowest BCUT2D eigenvalue weighted by molar-refractivity contribution is -0.519. The average Bonchev–Trinajstić information content (AvgIpc) is 2.77. The number of pyridine rings is 1. The molecule has 0 bridgehead atoms. The number of fused-ring (bicyclic) bond motifs is 1. The number of rotatable bonds is 3. The monoisotopic (exact) mass is 461 g/mol. The van der Waals surface area contributed by atoms with Gasteiger partial charge in [0.15, 0.2) is 0 Å². The summed E-state index contributed by atoms with van der Waals surface area (Å²) in [7, 11) is 0. The molecule has 0 atom stereocenters. The SMILES string of the molecule is C=[n+]1c(CNc2cc(C(F)(F)F)cc(C(F)(F)F)c2)ccc/c1=c1/cccc2c1=CC=CC2. The zero-order valence-electron chi connectivity index (χ0n) is 17.3.